The van der Waals surface area contributed by atoms with Crippen molar-refractivity contribution in [1.82, 2.24) is 5.43 Å². The molecule has 2 unspecified atom stereocenters. The Morgan fingerprint density at radius 3 is 2.18 bits per heavy atom. The van der Waals surface area contributed by atoms with Gasteiger partial charge in [-0.1, -0.05) is 12.5 Å². The fraction of sp³-hybridized carbons (Fsp3) is 0.526. The van der Waals surface area contributed by atoms with Crippen molar-refractivity contribution in [3.8, 4) is 0 Å². The molecular weight excluding hydrogens is 801 g/mol. The van der Waals surface area contributed by atoms with Gasteiger partial charge in [0.2, 0.25) is 11.6 Å². The van der Waals surface area contributed by atoms with Crippen LogP contribution in [-0.2, 0) is 63.8 Å². The summed E-state index contributed by atoms with van der Waals surface area (Å²) in [6.45, 7) is 5.51. The first kappa shape index (κ1) is 46.2. The highest BCUT2D eigenvalue weighted by Gasteiger charge is 2.48. The third-order valence-electron chi connectivity index (χ3n) is 10.8. The van der Waals surface area contributed by atoms with Gasteiger partial charge in [0, 0.05) is 68.3 Å². The number of hydrogen-bond acceptors (Lipinski definition) is 13. The number of nitrogens with one attached hydrogen (secondary N) is 1. The molecule has 0 saturated carbocycles. The smallest absolute Gasteiger partial charge is 0.296 e. The van der Waals surface area contributed by atoms with E-state index in [1.807, 2.05) is 36.7 Å². The van der Waals surface area contributed by atoms with Gasteiger partial charge in [0.15, 0.2) is 12.3 Å². The Labute approximate surface area is 336 Å². The van der Waals surface area contributed by atoms with E-state index in [0.717, 1.165) is 37.0 Å². The van der Waals surface area contributed by atoms with E-state index < -0.39 is 41.2 Å². The highest BCUT2D eigenvalue weighted by molar-refractivity contribution is 7.87. The summed E-state index contributed by atoms with van der Waals surface area (Å²) in [7, 11) is -7.02. The molecule has 2 heterocycles. The average molecular weight is 856 g/mol. The fourth-order valence-corrected chi connectivity index (χ4v) is 9.55. The van der Waals surface area contributed by atoms with Crippen molar-refractivity contribution in [2.75, 3.05) is 65.4 Å². The van der Waals surface area contributed by atoms with Crippen LogP contribution in [-0.4, -0.2) is 106 Å². The number of benzene rings is 2. The molecule has 1 amide bonds. The number of hydrazine groups is 1. The molecule has 0 spiro atoms. The van der Waals surface area contributed by atoms with Crippen molar-refractivity contribution < 1.29 is 57.0 Å². The highest BCUT2D eigenvalue weighted by Crippen LogP contribution is 2.51. The van der Waals surface area contributed by atoms with Crippen LogP contribution in [0.25, 0.3) is 0 Å². The number of carbonyl (C=O) groups is 1. The lowest BCUT2D eigenvalue weighted by Crippen LogP contribution is -2.33. The number of ether oxygens (including phenoxy) is 2. The fourth-order valence-electron chi connectivity index (χ4n) is 7.69. The first-order valence-electron chi connectivity index (χ1n) is 18.5. The van der Waals surface area contributed by atoms with Crippen LogP contribution in [0, 0.1) is 0 Å². The maximum Gasteiger partial charge on any atom is 0.296 e. The zero-order chi connectivity index (χ0) is 42.2. The van der Waals surface area contributed by atoms with Crippen LogP contribution in [0.15, 0.2) is 70.1 Å². The number of nitrogens with two attached hydrogens (primary N) is 1. The largest absolute Gasteiger partial charge is 0.385 e. The Hall–Kier alpha value is -3.53. The number of anilines is 1. The third kappa shape index (κ3) is 10.4. The second-order valence-electron chi connectivity index (χ2n) is 14.4. The standard InChI is InChI=1S/C38H54N4O12S3/c1-37(19-11-25-55(44,45)53-5)31-27-29(57(49,50)54-6)16-18-33(31)42(22-24-52-4)34(37)12-10-13-35-38(2,20-23-51-3)30-26-28(56(46,47)48)15-17-32(30)41(35)21-9-7-8-14-36(43)40-39/h10,12-13,15-18,26-27H,7-9,11,14,19-25,39H2,1-6H3,(H-,40,43,46,47,48)/p+1. The van der Waals surface area contributed by atoms with Crippen LogP contribution in [0.2, 0.25) is 0 Å². The second-order valence-corrected chi connectivity index (χ2v) is 19.4. The first-order chi connectivity index (χ1) is 26.8. The number of unbranched alkanes of at least 4 members (excludes halogenated alkanes) is 2. The van der Waals surface area contributed by atoms with Crippen LogP contribution >= 0.6 is 0 Å². The lowest BCUT2D eigenvalue weighted by atomic mass is 9.75. The lowest BCUT2D eigenvalue weighted by Gasteiger charge is -2.30. The third-order valence-corrected chi connectivity index (χ3v) is 14.2. The molecule has 0 saturated heterocycles. The predicted molar refractivity (Wildman–Crippen MR) is 215 cm³/mol. The van der Waals surface area contributed by atoms with E-state index >= 15 is 0 Å². The maximum absolute atomic E-state index is 12.9. The molecule has 0 aliphatic carbocycles. The van der Waals surface area contributed by atoms with Crippen LogP contribution in [0.3, 0.4) is 0 Å². The van der Waals surface area contributed by atoms with Gasteiger partial charge >= 0.3 is 0 Å². The van der Waals surface area contributed by atoms with Gasteiger partial charge in [-0.15, -0.1) is 0 Å². The summed E-state index contributed by atoms with van der Waals surface area (Å²) in [4.78, 5) is 13.6. The minimum atomic E-state index is -4.52. The van der Waals surface area contributed by atoms with E-state index in [-0.39, 0.29) is 34.3 Å². The van der Waals surface area contributed by atoms with Gasteiger partial charge in [-0.05, 0) is 87.9 Å². The summed E-state index contributed by atoms with van der Waals surface area (Å²) in [5, 5.41) is 0. The van der Waals surface area contributed by atoms with Gasteiger partial charge in [0.05, 0.1) is 35.2 Å². The second kappa shape index (κ2) is 19.0. The Morgan fingerprint density at radius 2 is 1.54 bits per heavy atom. The van der Waals surface area contributed by atoms with E-state index in [4.69, 9.17) is 23.7 Å². The van der Waals surface area contributed by atoms with Gasteiger partial charge in [-0.3, -0.25) is 23.1 Å². The SMILES string of the molecule is COCC[N+]1=C(C=CC=C2N(CCCCCC(=O)NN)c3ccc(S(=O)(=O)O)cc3C2(C)CCOC)C(C)(CCCS(=O)(=O)OC)c2cc(S(=O)(=O)OC)ccc21. The molecule has 16 nitrogen and oxygen atoms in total. The Balaban J connectivity index is 1.89. The average Bonchev–Trinajstić information content (AvgIpc) is 3.55. The minimum absolute atomic E-state index is 0.0419. The van der Waals surface area contributed by atoms with E-state index in [9.17, 15) is 34.6 Å². The molecule has 2 atom stereocenters. The predicted octanol–water partition coefficient (Wildman–Crippen LogP) is 3.83. The monoisotopic (exact) mass is 855 g/mol. The lowest BCUT2D eigenvalue weighted by molar-refractivity contribution is -0.441. The van der Waals surface area contributed by atoms with Crippen molar-refractivity contribution >= 4 is 53.3 Å². The number of carbonyl (C=O) groups excluding carboxylic acids is 1. The highest BCUT2D eigenvalue weighted by atomic mass is 32.2. The van der Waals surface area contributed by atoms with Crippen LogP contribution in [0.4, 0.5) is 11.4 Å². The molecule has 2 aromatic rings. The summed E-state index contributed by atoms with van der Waals surface area (Å²) in [6, 6.07) is 9.30. The molecule has 2 aromatic carbocycles. The summed E-state index contributed by atoms with van der Waals surface area (Å²) >= 11 is 0. The molecule has 0 fully saturated rings. The van der Waals surface area contributed by atoms with Crippen molar-refractivity contribution in [3.63, 3.8) is 0 Å². The number of fused-ring (bicyclic) bond motifs is 2. The van der Waals surface area contributed by atoms with Gasteiger partial charge in [0.1, 0.15) is 6.61 Å². The van der Waals surface area contributed by atoms with E-state index in [1.54, 1.807) is 32.4 Å². The topological polar surface area (TPSA) is 221 Å². The molecular formula is C38H55N4O12S3+. The molecule has 0 aromatic heterocycles. The molecule has 0 radical (unpaired) electrons. The number of methoxy groups -OCH3 is 2. The quantitative estimate of drug-likeness (QED) is 0.0292. The van der Waals surface area contributed by atoms with Crippen molar-refractivity contribution in [3.05, 3.63) is 71.5 Å². The Bertz CT molecular complexity index is 2220. The van der Waals surface area contributed by atoms with Gasteiger partial charge in [-0.25, -0.2) is 5.84 Å². The van der Waals surface area contributed by atoms with Gasteiger partial charge < -0.3 is 14.4 Å². The van der Waals surface area contributed by atoms with Crippen molar-refractivity contribution in [2.24, 2.45) is 5.84 Å². The van der Waals surface area contributed by atoms with E-state index in [2.05, 4.69) is 10.3 Å². The maximum atomic E-state index is 12.9. The molecule has 4 N–H and O–H groups in total. The molecule has 19 heteroatoms. The van der Waals surface area contributed by atoms with Crippen LogP contribution in [0.1, 0.15) is 69.9 Å². The molecule has 2 aliphatic rings. The van der Waals surface area contributed by atoms with Gasteiger partial charge in [0.25, 0.3) is 30.4 Å². The molecule has 2 aliphatic heterocycles. The summed E-state index contributed by atoms with van der Waals surface area (Å²) in [5.41, 5.74) is 4.92. The number of rotatable bonds is 22. The summed E-state index contributed by atoms with van der Waals surface area (Å²) < 4.78 is 108. The van der Waals surface area contributed by atoms with E-state index in [0.29, 0.717) is 69.5 Å². The number of hydrogen-bond donors (Lipinski definition) is 3. The zero-order valence-electron chi connectivity index (χ0n) is 33.3. The number of amides is 1. The summed E-state index contributed by atoms with van der Waals surface area (Å²) in [5.74, 6) is 4.74. The van der Waals surface area contributed by atoms with Crippen molar-refractivity contribution in [2.45, 2.75) is 79.4 Å². The molecule has 316 valence electrons. The normalized spacial score (nSPS) is 20.5. The Kier molecular flexibility index (Phi) is 15.4. The molecule has 0 bridgehead atoms. The summed E-state index contributed by atoms with van der Waals surface area (Å²) in [6.07, 6.45) is 9.00. The Morgan fingerprint density at radius 1 is 0.860 bits per heavy atom. The number of allylic oxidation sites excluding steroid dienone is 4. The van der Waals surface area contributed by atoms with Crippen LogP contribution < -0.4 is 16.2 Å². The van der Waals surface area contributed by atoms with E-state index in [1.165, 1.54) is 18.2 Å². The number of nitrogens with zero attached hydrogens (tertiary/aromatic N) is 2. The molecule has 4 rings (SSSR count). The first-order valence-corrected chi connectivity index (χ1v) is 22.9. The zero-order valence-corrected chi connectivity index (χ0v) is 35.8. The molecule has 57 heavy (non-hydrogen) atoms. The van der Waals surface area contributed by atoms with Crippen molar-refractivity contribution in [1.29, 1.82) is 0 Å². The minimum Gasteiger partial charge on any atom is -0.385 e. The van der Waals surface area contributed by atoms with Crippen LogP contribution in [0.5, 0.6) is 0 Å². The van der Waals surface area contributed by atoms with Gasteiger partial charge in [-0.2, -0.15) is 29.8 Å².